The molecule has 0 saturated heterocycles. The second-order valence-corrected chi connectivity index (χ2v) is 7.50. The number of benzene rings is 1. The third-order valence-electron chi connectivity index (χ3n) is 4.23. The fraction of sp³-hybridized carbons (Fsp3) is 0.533. The molecule has 0 aromatic heterocycles. The molecular formula is C15H20N2O4S. The molecule has 6 nitrogen and oxygen atoms in total. The van der Waals surface area contributed by atoms with E-state index in [1.165, 1.54) is 17.0 Å². The molecule has 2 aliphatic rings. The molecule has 120 valence electrons. The van der Waals surface area contributed by atoms with Gasteiger partial charge in [-0.1, -0.05) is 12.8 Å². The Morgan fingerprint density at radius 1 is 1.27 bits per heavy atom. The van der Waals surface area contributed by atoms with Crippen molar-refractivity contribution in [2.24, 2.45) is 0 Å². The lowest BCUT2D eigenvalue weighted by Gasteiger charge is -2.18. The number of fused-ring (bicyclic) bond motifs is 1. The highest BCUT2D eigenvalue weighted by Crippen LogP contribution is 2.33. The molecule has 0 radical (unpaired) electrons. The first-order valence-electron chi connectivity index (χ1n) is 7.53. The lowest BCUT2D eigenvalue weighted by Crippen LogP contribution is -2.33. The molecule has 3 rings (SSSR count). The molecule has 22 heavy (non-hydrogen) atoms. The average molecular weight is 324 g/mol. The molecule has 0 bridgehead atoms. The van der Waals surface area contributed by atoms with Crippen LogP contribution in [0.3, 0.4) is 0 Å². The van der Waals surface area contributed by atoms with Crippen LogP contribution >= 0.6 is 0 Å². The molecular weight excluding hydrogens is 304 g/mol. The molecule has 1 heterocycles. The molecule has 1 aromatic rings. The van der Waals surface area contributed by atoms with Gasteiger partial charge < -0.3 is 9.64 Å². The number of rotatable bonds is 3. The molecule has 0 spiro atoms. The summed E-state index contributed by atoms with van der Waals surface area (Å²) in [6.07, 6.45) is 4.16. The number of ether oxygens (including phenoxy) is 1. The summed E-state index contributed by atoms with van der Waals surface area (Å²) in [5, 5.41) is 0. The highest BCUT2D eigenvalue weighted by atomic mass is 32.2. The highest BCUT2D eigenvalue weighted by molar-refractivity contribution is 7.89. The Morgan fingerprint density at radius 3 is 2.73 bits per heavy atom. The van der Waals surface area contributed by atoms with Crippen molar-refractivity contribution in [1.82, 2.24) is 4.72 Å². The summed E-state index contributed by atoms with van der Waals surface area (Å²) >= 11 is 0. The lowest BCUT2D eigenvalue weighted by molar-refractivity contribution is -0.118. The molecule has 0 unspecified atom stereocenters. The number of carbonyl (C=O) groups is 1. The van der Waals surface area contributed by atoms with Gasteiger partial charge in [0.15, 0.2) is 0 Å². The van der Waals surface area contributed by atoms with Crippen LogP contribution in [0.15, 0.2) is 23.1 Å². The minimum atomic E-state index is -3.57. The quantitative estimate of drug-likeness (QED) is 0.917. The van der Waals surface area contributed by atoms with Crippen molar-refractivity contribution in [2.45, 2.75) is 43.0 Å². The summed E-state index contributed by atoms with van der Waals surface area (Å²) in [7, 11) is -1.94. The average Bonchev–Trinajstić information content (AvgIpc) is 2.93. The zero-order valence-corrected chi connectivity index (χ0v) is 13.4. The molecule has 0 atom stereocenters. The second-order valence-electron chi connectivity index (χ2n) is 5.78. The lowest BCUT2D eigenvalue weighted by atomic mass is 10.2. The molecule has 7 heteroatoms. The normalized spacial score (nSPS) is 19.7. The Labute approximate surface area is 130 Å². The fourth-order valence-corrected chi connectivity index (χ4v) is 4.25. The van der Waals surface area contributed by atoms with Gasteiger partial charge in [0.25, 0.3) is 0 Å². The Hall–Kier alpha value is -1.60. The highest BCUT2D eigenvalue weighted by Gasteiger charge is 2.26. The summed E-state index contributed by atoms with van der Waals surface area (Å²) in [5.74, 6) is 0.449. The number of carbonyl (C=O) groups excluding carboxylic acids is 1. The number of sulfonamides is 1. The monoisotopic (exact) mass is 324 g/mol. The minimum absolute atomic E-state index is 0.0134. The smallest absolute Gasteiger partial charge is 0.240 e. The van der Waals surface area contributed by atoms with Crippen LogP contribution in [0.5, 0.6) is 5.75 Å². The summed E-state index contributed by atoms with van der Waals surface area (Å²) in [6.45, 7) is 0.308. The third-order valence-corrected chi connectivity index (χ3v) is 5.74. The number of anilines is 1. The second kappa shape index (κ2) is 5.89. The standard InChI is InChI=1S/C15H20N2O4S/c1-17-13-10-12(6-7-14(13)21-9-8-15(17)18)22(19,20)16-11-4-2-3-5-11/h6-7,10-11,16H,2-5,8-9H2,1H3. The number of nitrogens with zero attached hydrogens (tertiary/aromatic N) is 1. The van der Waals surface area contributed by atoms with Crippen molar-refractivity contribution in [3.63, 3.8) is 0 Å². The Kier molecular flexibility index (Phi) is 4.10. The summed E-state index contributed by atoms with van der Waals surface area (Å²) in [5.41, 5.74) is 0.497. The molecule has 1 aliphatic carbocycles. The van der Waals surface area contributed by atoms with Crippen LogP contribution in [0.4, 0.5) is 5.69 Å². The summed E-state index contributed by atoms with van der Waals surface area (Å²) in [6, 6.07) is 4.67. The van der Waals surface area contributed by atoms with Crippen molar-refractivity contribution >= 4 is 21.6 Å². The van der Waals surface area contributed by atoms with Crippen molar-refractivity contribution < 1.29 is 17.9 Å². The van der Waals surface area contributed by atoms with Crippen molar-refractivity contribution in [1.29, 1.82) is 0 Å². The van der Waals surface area contributed by atoms with Gasteiger partial charge in [-0.3, -0.25) is 4.79 Å². The van der Waals surface area contributed by atoms with E-state index < -0.39 is 10.0 Å². The molecule has 1 aromatic carbocycles. The first-order chi connectivity index (χ1) is 10.5. The van der Waals surface area contributed by atoms with Gasteiger partial charge in [0, 0.05) is 13.1 Å². The largest absolute Gasteiger partial charge is 0.491 e. The topological polar surface area (TPSA) is 75.7 Å². The predicted molar refractivity (Wildman–Crippen MR) is 82.5 cm³/mol. The maximum atomic E-state index is 12.5. The van der Waals surface area contributed by atoms with Crippen LogP contribution in [0.2, 0.25) is 0 Å². The number of nitrogens with one attached hydrogen (secondary N) is 1. The zero-order valence-electron chi connectivity index (χ0n) is 12.5. The third kappa shape index (κ3) is 2.96. The van der Waals surface area contributed by atoms with Crippen LogP contribution in [0, 0.1) is 0 Å². The van der Waals surface area contributed by atoms with E-state index in [9.17, 15) is 13.2 Å². The Balaban J connectivity index is 1.91. The van der Waals surface area contributed by atoms with Gasteiger partial charge in [0.1, 0.15) is 5.75 Å². The van der Waals surface area contributed by atoms with Crippen molar-refractivity contribution in [2.75, 3.05) is 18.6 Å². The van der Waals surface area contributed by atoms with E-state index in [1.54, 1.807) is 13.1 Å². The maximum absolute atomic E-state index is 12.5. The van der Waals surface area contributed by atoms with E-state index in [-0.39, 0.29) is 23.3 Å². The van der Waals surface area contributed by atoms with E-state index >= 15 is 0 Å². The first kappa shape index (κ1) is 15.3. The van der Waals surface area contributed by atoms with Crippen molar-refractivity contribution in [3.05, 3.63) is 18.2 Å². The predicted octanol–water partition coefficient (Wildman–Crippen LogP) is 1.65. The molecule has 1 aliphatic heterocycles. The molecule has 1 fully saturated rings. The van der Waals surface area contributed by atoms with Gasteiger partial charge in [0.2, 0.25) is 15.9 Å². The number of amides is 1. The van der Waals surface area contributed by atoms with E-state index in [2.05, 4.69) is 4.72 Å². The van der Waals surface area contributed by atoms with E-state index in [0.717, 1.165) is 25.7 Å². The summed E-state index contributed by atoms with van der Waals surface area (Å²) in [4.78, 5) is 13.5. The van der Waals surface area contributed by atoms with E-state index in [4.69, 9.17) is 4.74 Å². The Morgan fingerprint density at radius 2 is 2.00 bits per heavy atom. The fourth-order valence-electron chi connectivity index (χ4n) is 2.93. The number of hydrogen-bond acceptors (Lipinski definition) is 4. The van der Waals surface area contributed by atoms with Crippen LogP contribution in [0.1, 0.15) is 32.1 Å². The SMILES string of the molecule is CN1C(=O)CCOc2ccc(S(=O)(=O)NC3CCCC3)cc21. The molecule has 1 amide bonds. The van der Waals surface area contributed by atoms with Crippen molar-refractivity contribution in [3.8, 4) is 5.75 Å². The Bertz CT molecular complexity index is 681. The van der Waals surface area contributed by atoms with Gasteiger partial charge in [0.05, 0.1) is 23.6 Å². The van der Waals surface area contributed by atoms with Crippen LogP contribution in [0.25, 0.3) is 0 Å². The van der Waals surface area contributed by atoms with Crippen LogP contribution in [-0.2, 0) is 14.8 Å². The minimum Gasteiger partial charge on any atom is -0.491 e. The van der Waals surface area contributed by atoms with E-state index in [1.807, 2.05) is 0 Å². The maximum Gasteiger partial charge on any atom is 0.240 e. The number of hydrogen-bond donors (Lipinski definition) is 1. The van der Waals surface area contributed by atoms with Gasteiger partial charge in [-0.25, -0.2) is 13.1 Å². The van der Waals surface area contributed by atoms with Gasteiger partial charge >= 0.3 is 0 Å². The van der Waals surface area contributed by atoms with Gasteiger partial charge in [-0.05, 0) is 31.0 Å². The van der Waals surface area contributed by atoms with Crippen LogP contribution < -0.4 is 14.4 Å². The van der Waals surface area contributed by atoms with Gasteiger partial charge in [-0.2, -0.15) is 0 Å². The molecule has 1 N–H and O–H groups in total. The van der Waals surface area contributed by atoms with Gasteiger partial charge in [-0.15, -0.1) is 0 Å². The zero-order chi connectivity index (χ0) is 15.7. The molecule has 1 saturated carbocycles. The van der Waals surface area contributed by atoms with E-state index in [0.29, 0.717) is 18.0 Å². The first-order valence-corrected chi connectivity index (χ1v) is 9.01. The van der Waals surface area contributed by atoms with Crippen LogP contribution in [-0.4, -0.2) is 34.0 Å². The summed E-state index contributed by atoms with van der Waals surface area (Å²) < 4.78 is 33.2.